The highest BCUT2D eigenvalue weighted by Gasteiger charge is 2.34. The van der Waals surface area contributed by atoms with Gasteiger partial charge in [-0.25, -0.2) is 9.97 Å². The molecule has 1 aromatic rings. The van der Waals surface area contributed by atoms with Crippen molar-refractivity contribution in [1.82, 2.24) is 9.97 Å². The highest BCUT2D eigenvalue weighted by molar-refractivity contribution is 6.30. The third kappa shape index (κ3) is 4.32. The fourth-order valence-electron chi connectivity index (χ4n) is 3.73. The molecule has 1 aromatic heterocycles. The van der Waals surface area contributed by atoms with Gasteiger partial charge in [0.15, 0.2) is 0 Å². The maximum Gasteiger partial charge on any atom is 0.137 e. The summed E-state index contributed by atoms with van der Waals surface area (Å²) in [6, 6.07) is 0. The lowest BCUT2D eigenvalue weighted by Gasteiger charge is -2.31. The molecule has 0 aliphatic heterocycles. The standard InChI is InChI=1S/C17H28ClN3/c1-4-7-14-15(18)20-12-21-16(14)19-11-17(10-13(2)3)8-5-6-9-17/h12-13H,4-11H2,1-3H3,(H,19,20,21). The first-order chi connectivity index (χ1) is 10.1. The van der Waals surface area contributed by atoms with E-state index in [1.54, 1.807) is 6.33 Å². The molecule has 3 nitrogen and oxygen atoms in total. The summed E-state index contributed by atoms with van der Waals surface area (Å²) >= 11 is 6.23. The molecule has 4 heteroatoms. The first kappa shape index (κ1) is 16.5. The van der Waals surface area contributed by atoms with E-state index in [-0.39, 0.29) is 0 Å². The van der Waals surface area contributed by atoms with Gasteiger partial charge in [0.25, 0.3) is 0 Å². The summed E-state index contributed by atoms with van der Waals surface area (Å²) in [5, 5.41) is 4.19. The molecular formula is C17H28ClN3. The third-order valence-electron chi connectivity index (χ3n) is 4.53. The molecule has 0 aromatic carbocycles. The van der Waals surface area contributed by atoms with Gasteiger partial charge in [-0.1, -0.05) is 51.6 Å². The van der Waals surface area contributed by atoms with Gasteiger partial charge in [0.05, 0.1) is 0 Å². The Morgan fingerprint density at radius 3 is 2.62 bits per heavy atom. The minimum Gasteiger partial charge on any atom is -0.369 e. The number of hydrogen-bond donors (Lipinski definition) is 1. The lowest BCUT2D eigenvalue weighted by Crippen LogP contribution is -2.29. The average molecular weight is 310 g/mol. The molecule has 0 radical (unpaired) electrons. The van der Waals surface area contributed by atoms with Gasteiger partial charge in [-0.15, -0.1) is 0 Å². The Labute approximate surface area is 133 Å². The van der Waals surface area contributed by atoms with Crippen LogP contribution >= 0.6 is 11.6 Å². The molecule has 1 aliphatic carbocycles. The molecule has 0 saturated heterocycles. The Morgan fingerprint density at radius 2 is 2.00 bits per heavy atom. The van der Waals surface area contributed by atoms with Gasteiger partial charge in [0.1, 0.15) is 17.3 Å². The van der Waals surface area contributed by atoms with Gasteiger partial charge in [-0.3, -0.25) is 0 Å². The Balaban J connectivity index is 2.09. The second-order valence-corrected chi connectivity index (χ2v) is 7.26. The normalized spacial score (nSPS) is 17.4. The number of anilines is 1. The van der Waals surface area contributed by atoms with Gasteiger partial charge in [0, 0.05) is 12.1 Å². The highest BCUT2D eigenvalue weighted by Crippen LogP contribution is 2.43. The summed E-state index contributed by atoms with van der Waals surface area (Å²) in [6.07, 6.45) is 10.2. The van der Waals surface area contributed by atoms with Crippen molar-refractivity contribution >= 4 is 17.4 Å². The van der Waals surface area contributed by atoms with Crippen molar-refractivity contribution < 1.29 is 0 Å². The van der Waals surface area contributed by atoms with Crippen molar-refractivity contribution in [2.75, 3.05) is 11.9 Å². The highest BCUT2D eigenvalue weighted by atomic mass is 35.5. The topological polar surface area (TPSA) is 37.8 Å². The van der Waals surface area contributed by atoms with Crippen LogP contribution in [-0.4, -0.2) is 16.5 Å². The van der Waals surface area contributed by atoms with Gasteiger partial charge >= 0.3 is 0 Å². The van der Waals surface area contributed by atoms with Gasteiger partial charge in [-0.2, -0.15) is 0 Å². The Bertz CT molecular complexity index is 453. The molecule has 1 saturated carbocycles. The van der Waals surface area contributed by atoms with Crippen LogP contribution in [0.4, 0.5) is 5.82 Å². The van der Waals surface area contributed by atoms with Crippen molar-refractivity contribution in [3.05, 3.63) is 17.0 Å². The molecule has 1 N–H and O–H groups in total. The van der Waals surface area contributed by atoms with Crippen molar-refractivity contribution in [2.24, 2.45) is 11.3 Å². The summed E-state index contributed by atoms with van der Waals surface area (Å²) in [7, 11) is 0. The van der Waals surface area contributed by atoms with Crippen LogP contribution in [0.25, 0.3) is 0 Å². The fourth-order valence-corrected chi connectivity index (χ4v) is 3.96. The maximum absolute atomic E-state index is 6.23. The molecular weight excluding hydrogens is 282 g/mol. The minimum atomic E-state index is 0.440. The average Bonchev–Trinajstić information content (AvgIpc) is 2.88. The molecule has 1 heterocycles. The Hall–Kier alpha value is -0.830. The van der Waals surface area contributed by atoms with Gasteiger partial charge < -0.3 is 5.32 Å². The van der Waals surface area contributed by atoms with E-state index in [4.69, 9.17) is 11.6 Å². The predicted octanol–water partition coefficient (Wildman–Crippen LogP) is 5.10. The van der Waals surface area contributed by atoms with E-state index in [1.165, 1.54) is 32.1 Å². The van der Waals surface area contributed by atoms with Gasteiger partial charge in [-0.05, 0) is 37.0 Å². The van der Waals surface area contributed by atoms with Crippen LogP contribution in [0, 0.1) is 11.3 Å². The molecule has 1 aliphatic rings. The van der Waals surface area contributed by atoms with Crippen LogP contribution in [0.3, 0.4) is 0 Å². The van der Waals surface area contributed by atoms with E-state index >= 15 is 0 Å². The lowest BCUT2D eigenvalue weighted by atomic mass is 9.78. The van der Waals surface area contributed by atoms with Gasteiger partial charge in [0.2, 0.25) is 0 Å². The van der Waals surface area contributed by atoms with Crippen molar-refractivity contribution in [1.29, 1.82) is 0 Å². The molecule has 1 fully saturated rings. The molecule has 0 spiro atoms. The quantitative estimate of drug-likeness (QED) is 0.712. The molecule has 0 atom stereocenters. The first-order valence-electron chi connectivity index (χ1n) is 8.29. The largest absolute Gasteiger partial charge is 0.369 e. The number of nitrogens with zero attached hydrogens (tertiary/aromatic N) is 2. The van der Waals surface area contributed by atoms with E-state index in [0.29, 0.717) is 10.6 Å². The third-order valence-corrected chi connectivity index (χ3v) is 4.85. The first-order valence-corrected chi connectivity index (χ1v) is 8.67. The Kier molecular flexibility index (Phi) is 5.86. The zero-order valence-electron chi connectivity index (χ0n) is 13.6. The van der Waals surface area contributed by atoms with Crippen molar-refractivity contribution in [2.45, 2.75) is 65.7 Å². The number of halogens is 1. The zero-order valence-corrected chi connectivity index (χ0v) is 14.3. The summed E-state index contributed by atoms with van der Waals surface area (Å²) in [5.74, 6) is 1.68. The number of nitrogens with one attached hydrogen (secondary N) is 1. The second-order valence-electron chi connectivity index (χ2n) is 6.90. The van der Waals surface area contributed by atoms with E-state index in [0.717, 1.165) is 36.7 Å². The van der Waals surface area contributed by atoms with Crippen LogP contribution in [0.15, 0.2) is 6.33 Å². The molecule has 0 unspecified atom stereocenters. The predicted molar refractivity (Wildman–Crippen MR) is 89.9 cm³/mol. The summed E-state index contributed by atoms with van der Waals surface area (Å²) in [4.78, 5) is 8.54. The zero-order chi connectivity index (χ0) is 15.3. The van der Waals surface area contributed by atoms with E-state index in [2.05, 4.69) is 36.1 Å². The number of rotatable bonds is 7. The lowest BCUT2D eigenvalue weighted by molar-refractivity contribution is 0.252. The summed E-state index contributed by atoms with van der Waals surface area (Å²) in [5.41, 5.74) is 1.51. The number of hydrogen-bond acceptors (Lipinski definition) is 3. The minimum absolute atomic E-state index is 0.440. The molecule has 0 bridgehead atoms. The maximum atomic E-state index is 6.23. The molecule has 118 valence electrons. The Morgan fingerprint density at radius 1 is 1.29 bits per heavy atom. The second kappa shape index (κ2) is 7.44. The summed E-state index contributed by atoms with van der Waals surface area (Å²) < 4.78 is 0. The molecule has 2 rings (SSSR count). The van der Waals surface area contributed by atoms with E-state index in [9.17, 15) is 0 Å². The van der Waals surface area contributed by atoms with Crippen LogP contribution in [-0.2, 0) is 6.42 Å². The van der Waals surface area contributed by atoms with Crippen LogP contribution in [0.5, 0.6) is 0 Å². The summed E-state index contributed by atoms with van der Waals surface area (Å²) in [6.45, 7) is 7.81. The number of aromatic nitrogens is 2. The van der Waals surface area contributed by atoms with Crippen molar-refractivity contribution in [3.8, 4) is 0 Å². The van der Waals surface area contributed by atoms with Crippen LogP contribution in [0.2, 0.25) is 5.15 Å². The monoisotopic (exact) mass is 309 g/mol. The molecule has 21 heavy (non-hydrogen) atoms. The fraction of sp³-hybridized carbons (Fsp3) is 0.765. The van der Waals surface area contributed by atoms with E-state index < -0.39 is 0 Å². The van der Waals surface area contributed by atoms with E-state index in [1.807, 2.05) is 0 Å². The molecule has 0 amide bonds. The smallest absolute Gasteiger partial charge is 0.137 e. The van der Waals surface area contributed by atoms with Crippen molar-refractivity contribution in [3.63, 3.8) is 0 Å². The van der Waals surface area contributed by atoms with Crippen LogP contribution in [0.1, 0.15) is 64.9 Å². The van der Waals surface area contributed by atoms with Crippen LogP contribution < -0.4 is 5.32 Å². The SMILES string of the molecule is CCCc1c(Cl)ncnc1NCC1(CC(C)C)CCCC1.